The third-order valence-corrected chi connectivity index (χ3v) is 3.79. The van der Waals surface area contributed by atoms with Crippen LogP contribution in [0.25, 0.3) is 10.9 Å². The van der Waals surface area contributed by atoms with Crippen molar-refractivity contribution in [3.8, 4) is 0 Å². The first kappa shape index (κ1) is 14.2. The van der Waals surface area contributed by atoms with Gasteiger partial charge in [-0.3, -0.25) is 14.7 Å². The molecule has 0 unspecified atom stereocenters. The number of benzene rings is 2. The highest BCUT2D eigenvalue weighted by Crippen LogP contribution is 2.16. The van der Waals surface area contributed by atoms with Gasteiger partial charge in [0.25, 0.3) is 0 Å². The van der Waals surface area contributed by atoms with Crippen LogP contribution in [0.15, 0.2) is 48.7 Å². The summed E-state index contributed by atoms with van der Waals surface area (Å²) in [4.78, 5) is 24.5. The number of ketones is 2. The molecule has 3 aromatic rings. The molecule has 0 radical (unpaired) electrons. The van der Waals surface area contributed by atoms with Crippen LogP contribution in [0.5, 0.6) is 0 Å². The number of H-pyrrole nitrogens is 1. The summed E-state index contributed by atoms with van der Waals surface area (Å²) in [7, 11) is 0. The Morgan fingerprint density at radius 3 is 2.64 bits per heavy atom. The van der Waals surface area contributed by atoms with E-state index in [0.29, 0.717) is 11.1 Å². The second-order valence-electron chi connectivity index (χ2n) is 5.33. The molecule has 4 nitrogen and oxygen atoms in total. The molecule has 1 N–H and O–H groups in total. The van der Waals surface area contributed by atoms with E-state index in [2.05, 4.69) is 10.2 Å². The van der Waals surface area contributed by atoms with Crippen LogP contribution in [0, 0.1) is 6.92 Å². The normalized spacial score (nSPS) is 10.8. The van der Waals surface area contributed by atoms with Gasteiger partial charge < -0.3 is 0 Å². The SMILES string of the molecule is Cc1ccccc1C(=O)CCC(=O)c1ccc2[nH]ncc2c1. The van der Waals surface area contributed by atoms with E-state index in [4.69, 9.17) is 0 Å². The van der Waals surface area contributed by atoms with Crippen LogP contribution in [0.2, 0.25) is 0 Å². The molecule has 22 heavy (non-hydrogen) atoms. The third-order valence-electron chi connectivity index (χ3n) is 3.79. The van der Waals surface area contributed by atoms with E-state index in [9.17, 15) is 9.59 Å². The molecule has 2 aromatic carbocycles. The van der Waals surface area contributed by atoms with Crippen molar-refractivity contribution in [3.63, 3.8) is 0 Å². The van der Waals surface area contributed by atoms with Crippen molar-refractivity contribution in [2.75, 3.05) is 0 Å². The molecule has 0 saturated heterocycles. The first-order valence-electron chi connectivity index (χ1n) is 7.20. The van der Waals surface area contributed by atoms with Gasteiger partial charge in [-0.1, -0.05) is 24.3 Å². The van der Waals surface area contributed by atoms with Crippen molar-refractivity contribution >= 4 is 22.5 Å². The lowest BCUT2D eigenvalue weighted by atomic mass is 9.98. The molecule has 0 aliphatic carbocycles. The molecular weight excluding hydrogens is 276 g/mol. The van der Waals surface area contributed by atoms with Gasteiger partial charge in [0.15, 0.2) is 11.6 Å². The molecule has 0 bridgehead atoms. The Morgan fingerprint density at radius 2 is 1.82 bits per heavy atom. The van der Waals surface area contributed by atoms with Crippen molar-refractivity contribution in [3.05, 3.63) is 65.4 Å². The molecule has 1 aromatic heterocycles. The van der Waals surface area contributed by atoms with Crippen molar-refractivity contribution in [2.24, 2.45) is 0 Å². The summed E-state index contributed by atoms with van der Waals surface area (Å²) in [5.41, 5.74) is 3.15. The average molecular weight is 292 g/mol. The maximum absolute atomic E-state index is 12.2. The molecule has 0 saturated carbocycles. The number of carbonyl (C=O) groups is 2. The molecule has 0 spiro atoms. The Hall–Kier alpha value is -2.75. The lowest BCUT2D eigenvalue weighted by Crippen LogP contribution is -2.06. The number of hydrogen-bond acceptors (Lipinski definition) is 3. The fourth-order valence-corrected chi connectivity index (χ4v) is 2.51. The average Bonchev–Trinajstić information content (AvgIpc) is 3.00. The number of Topliss-reactive ketones (excluding diaryl/α,β-unsaturated/α-hetero) is 2. The highest BCUT2D eigenvalue weighted by Gasteiger charge is 2.13. The quantitative estimate of drug-likeness (QED) is 0.729. The molecule has 0 amide bonds. The van der Waals surface area contributed by atoms with Crippen LogP contribution in [0.1, 0.15) is 39.1 Å². The number of aromatic nitrogens is 2. The third kappa shape index (κ3) is 2.81. The van der Waals surface area contributed by atoms with Gasteiger partial charge in [0, 0.05) is 29.4 Å². The summed E-state index contributed by atoms with van der Waals surface area (Å²) in [6.07, 6.45) is 2.13. The zero-order valence-electron chi connectivity index (χ0n) is 12.3. The number of nitrogens with zero attached hydrogens (tertiary/aromatic N) is 1. The summed E-state index contributed by atoms with van der Waals surface area (Å²) in [6.45, 7) is 1.90. The van der Waals surface area contributed by atoms with Crippen LogP contribution >= 0.6 is 0 Å². The smallest absolute Gasteiger partial charge is 0.163 e. The summed E-state index contributed by atoms with van der Waals surface area (Å²) >= 11 is 0. The molecule has 4 heteroatoms. The Morgan fingerprint density at radius 1 is 1.05 bits per heavy atom. The lowest BCUT2D eigenvalue weighted by Gasteiger charge is -2.04. The fourth-order valence-electron chi connectivity index (χ4n) is 2.51. The van der Waals surface area contributed by atoms with Gasteiger partial charge in [-0.15, -0.1) is 0 Å². The Bertz CT molecular complexity index is 849. The Balaban J connectivity index is 1.69. The first-order valence-corrected chi connectivity index (χ1v) is 7.20. The summed E-state index contributed by atoms with van der Waals surface area (Å²) < 4.78 is 0. The van der Waals surface area contributed by atoms with Crippen LogP contribution in [0.4, 0.5) is 0 Å². The van der Waals surface area contributed by atoms with E-state index in [-0.39, 0.29) is 24.4 Å². The second-order valence-corrected chi connectivity index (χ2v) is 5.33. The van der Waals surface area contributed by atoms with E-state index >= 15 is 0 Å². The van der Waals surface area contributed by atoms with Gasteiger partial charge in [0.2, 0.25) is 0 Å². The molecule has 110 valence electrons. The summed E-state index contributed by atoms with van der Waals surface area (Å²) in [5.74, 6) is -0.0131. The lowest BCUT2D eigenvalue weighted by molar-refractivity contribution is 0.0917. The van der Waals surface area contributed by atoms with Gasteiger partial charge in [0.05, 0.1) is 11.7 Å². The van der Waals surface area contributed by atoms with Crippen LogP contribution < -0.4 is 0 Å². The predicted octanol–water partition coefficient (Wildman–Crippen LogP) is 3.72. The van der Waals surface area contributed by atoms with Gasteiger partial charge >= 0.3 is 0 Å². The minimum Gasteiger partial charge on any atom is -0.294 e. The fraction of sp³-hybridized carbons (Fsp3) is 0.167. The molecular formula is C18H16N2O2. The number of carbonyl (C=O) groups excluding carboxylic acids is 2. The van der Waals surface area contributed by atoms with Crippen LogP contribution in [-0.2, 0) is 0 Å². The zero-order valence-corrected chi connectivity index (χ0v) is 12.3. The molecule has 0 atom stereocenters. The van der Waals surface area contributed by atoms with E-state index in [1.54, 1.807) is 24.4 Å². The highest BCUT2D eigenvalue weighted by molar-refractivity contribution is 6.04. The minimum absolute atomic E-state index is 0.0100. The summed E-state index contributed by atoms with van der Waals surface area (Å²) in [5, 5.41) is 7.68. The molecule has 3 rings (SSSR count). The first-order chi connectivity index (χ1) is 10.6. The number of aryl methyl sites for hydroxylation is 1. The predicted molar refractivity (Wildman–Crippen MR) is 85.2 cm³/mol. The van der Waals surface area contributed by atoms with Gasteiger partial charge in [-0.2, -0.15) is 5.10 Å². The van der Waals surface area contributed by atoms with Crippen molar-refractivity contribution < 1.29 is 9.59 Å². The topological polar surface area (TPSA) is 62.8 Å². The standard InChI is InChI=1S/C18H16N2O2/c1-12-4-2-3-5-15(12)18(22)9-8-17(21)13-6-7-16-14(10-13)11-19-20-16/h2-7,10-11H,8-9H2,1H3,(H,19,20). The van der Waals surface area contributed by atoms with E-state index in [1.165, 1.54) is 0 Å². The van der Waals surface area contributed by atoms with Crippen molar-refractivity contribution in [2.45, 2.75) is 19.8 Å². The number of aromatic amines is 1. The zero-order chi connectivity index (χ0) is 15.5. The largest absolute Gasteiger partial charge is 0.294 e. The summed E-state index contributed by atoms with van der Waals surface area (Å²) in [6, 6.07) is 12.9. The van der Waals surface area contributed by atoms with Crippen molar-refractivity contribution in [1.82, 2.24) is 10.2 Å². The van der Waals surface area contributed by atoms with Gasteiger partial charge in [-0.25, -0.2) is 0 Å². The monoisotopic (exact) mass is 292 g/mol. The van der Waals surface area contributed by atoms with Gasteiger partial charge in [0.1, 0.15) is 0 Å². The second kappa shape index (κ2) is 5.93. The highest BCUT2D eigenvalue weighted by atomic mass is 16.1. The van der Waals surface area contributed by atoms with Crippen molar-refractivity contribution in [1.29, 1.82) is 0 Å². The Kier molecular flexibility index (Phi) is 3.83. The number of nitrogens with one attached hydrogen (secondary N) is 1. The molecule has 0 aliphatic rings. The Labute approximate surface area is 128 Å². The van der Waals surface area contributed by atoms with Crippen LogP contribution in [0.3, 0.4) is 0 Å². The molecule has 0 aliphatic heterocycles. The maximum atomic E-state index is 12.2. The minimum atomic E-state index is -0.0231. The van der Waals surface area contributed by atoms with Gasteiger partial charge in [-0.05, 0) is 30.7 Å². The van der Waals surface area contributed by atoms with E-state index in [1.807, 2.05) is 31.2 Å². The molecule has 1 heterocycles. The van der Waals surface area contributed by atoms with Crippen LogP contribution in [-0.4, -0.2) is 21.8 Å². The number of hydrogen-bond donors (Lipinski definition) is 1. The maximum Gasteiger partial charge on any atom is 0.163 e. The molecule has 0 fully saturated rings. The number of rotatable bonds is 5. The van der Waals surface area contributed by atoms with E-state index < -0.39 is 0 Å². The number of fused-ring (bicyclic) bond motifs is 1. The van der Waals surface area contributed by atoms with E-state index in [0.717, 1.165) is 16.5 Å².